The van der Waals surface area contributed by atoms with Gasteiger partial charge in [0.05, 0.1) is 0 Å². The van der Waals surface area contributed by atoms with Gasteiger partial charge in [-0.05, 0) is 77.0 Å². The van der Waals surface area contributed by atoms with Crippen molar-refractivity contribution in [3.63, 3.8) is 0 Å². The minimum atomic E-state index is -1.14. The summed E-state index contributed by atoms with van der Waals surface area (Å²) in [4.78, 5) is 58.6. The second-order valence-corrected chi connectivity index (χ2v) is 5.85. The first-order chi connectivity index (χ1) is 13.9. The fraction of sp³-hybridized carbons (Fsp3) is 0.667. The van der Waals surface area contributed by atoms with Crippen LogP contribution in [0.3, 0.4) is 0 Å². The third-order valence-electron chi connectivity index (χ3n) is 3.04. The molecule has 32 heavy (non-hydrogen) atoms. The van der Waals surface area contributed by atoms with Gasteiger partial charge < -0.3 is 59.4 Å². The molecule has 0 aromatic heterocycles. The number of carboxylic acid groups (broad SMARTS) is 6. The normalized spacial score (nSPS) is 8.62. The summed E-state index contributed by atoms with van der Waals surface area (Å²) in [6.45, 7) is 0. The van der Waals surface area contributed by atoms with E-state index in [1.807, 2.05) is 0 Å². The van der Waals surface area contributed by atoms with Crippen LogP contribution in [0.2, 0.25) is 0 Å². The summed E-state index contributed by atoms with van der Waals surface area (Å²) in [6.07, 6.45) is 1.60. The first kappa shape index (κ1) is 41.5. The van der Waals surface area contributed by atoms with Crippen LogP contribution in [0.15, 0.2) is 0 Å². The number of hydrogen-bond donors (Lipinski definition) is 0. The van der Waals surface area contributed by atoms with Crippen LogP contribution in [0.4, 0.5) is 0 Å². The number of hydrogen-bond acceptors (Lipinski definition) is 12. The number of carbonyl (C=O) groups excluding carboxylic acids is 6. The molecule has 0 amide bonds. The van der Waals surface area contributed by atoms with Gasteiger partial charge in [-0.2, -0.15) is 0 Å². The summed E-state index contributed by atoms with van der Waals surface area (Å²) in [5.74, 6) is -6.84. The van der Waals surface area contributed by atoms with Gasteiger partial charge in [0.25, 0.3) is 0 Å². The Bertz CT molecular complexity index is 428. The van der Waals surface area contributed by atoms with Gasteiger partial charge in [0.1, 0.15) is 0 Å². The van der Waals surface area contributed by atoms with Crippen molar-refractivity contribution >= 4 is 35.8 Å². The van der Waals surface area contributed by atoms with Crippen molar-refractivity contribution in [3.8, 4) is 0 Å². The number of carbonyl (C=O) groups is 6. The molecule has 0 bridgehead atoms. The van der Waals surface area contributed by atoms with Crippen LogP contribution in [-0.4, -0.2) is 35.8 Å². The van der Waals surface area contributed by atoms with Crippen LogP contribution in [0.1, 0.15) is 77.0 Å². The summed E-state index contributed by atoms with van der Waals surface area (Å²) >= 11 is 0. The van der Waals surface area contributed by atoms with E-state index in [9.17, 15) is 59.4 Å². The minimum Gasteiger partial charge on any atom is -0.550 e. The first-order valence-electron chi connectivity index (χ1n) is 9.07. The molecular weight excluding hydrogens is 686 g/mol. The van der Waals surface area contributed by atoms with E-state index in [2.05, 4.69) is 0 Å². The summed E-state index contributed by atoms with van der Waals surface area (Å²) in [6, 6.07) is 0. The van der Waals surface area contributed by atoms with E-state index < -0.39 is 35.8 Å². The van der Waals surface area contributed by atoms with Gasteiger partial charge in [0.15, 0.2) is 0 Å². The van der Waals surface area contributed by atoms with Gasteiger partial charge in [-0.3, -0.25) is 0 Å². The summed E-state index contributed by atoms with van der Waals surface area (Å²) in [5, 5.41) is 58.6. The Morgan fingerprint density at radius 3 is 0.469 bits per heavy atom. The van der Waals surface area contributed by atoms with Gasteiger partial charge in [0, 0.05) is 35.8 Å². The molecule has 174 valence electrons. The van der Waals surface area contributed by atoms with E-state index in [-0.39, 0.29) is 110 Å². The zero-order valence-corrected chi connectivity index (χ0v) is 24.8. The van der Waals surface area contributed by atoms with Crippen LogP contribution in [0, 0.1) is 71.2 Å². The summed E-state index contributed by atoms with van der Waals surface area (Å²) in [5.41, 5.74) is 0. The van der Waals surface area contributed by atoms with E-state index in [0.29, 0.717) is 38.5 Å². The van der Waals surface area contributed by atoms with Crippen LogP contribution >= 0.6 is 0 Å². The maximum Gasteiger partial charge on any atom is 3.00 e. The Kier molecular flexibility index (Phi) is 39.1. The Balaban J connectivity index is -0.000000110. The molecule has 0 aliphatic carbocycles. The second kappa shape index (κ2) is 30.2. The van der Waals surface area contributed by atoms with Gasteiger partial charge in [-0.1, -0.05) is 0 Å². The van der Waals surface area contributed by atoms with Gasteiger partial charge in [-0.25, -0.2) is 0 Å². The molecule has 0 saturated carbocycles. The van der Waals surface area contributed by atoms with Crippen LogP contribution in [0.5, 0.6) is 0 Å². The van der Waals surface area contributed by atoms with Crippen LogP contribution in [-0.2, 0) is 28.8 Å². The molecule has 0 rings (SSSR count). The third kappa shape index (κ3) is 56.9. The largest absolute Gasteiger partial charge is 3.00 e. The molecular formula is C18H24La2O12. The minimum absolute atomic E-state index is 0. The number of unbranched alkanes of at least 4 members (excludes halogenated alkanes) is 3. The Labute approximate surface area is 241 Å². The molecule has 0 aliphatic rings. The molecule has 0 heterocycles. The molecule has 0 saturated heterocycles. The van der Waals surface area contributed by atoms with E-state index in [1.165, 1.54) is 0 Å². The molecule has 0 spiro atoms. The number of aliphatic carboxylic acids is 6. The maximum absolute atomic E-state index is 9.77. The molecule has 12 nitrogen and oxygen atoms in total. The second-order valence-electron chi connectivity index (χ2n) is 5.85. The van der Waals surface area contributed by atoms with E-state index in [0.717, 1.165) is 0 Å². The van der Waals surface area contributed by atoms with Crippen LogP contribution in [0.25, 0.3) is 0 Å². The SMILES string of the molecule is O=C([O-])CCCCC(=O)[O-].O=C([O-])CCCCC(=O)[O-].O=C([O-])CCCCC(=O)[O-].[La+3].[La+3]. The quantitative estimate of drug-likeness (QED) is 0.144. The average Bonchev–Trinajstić information content (AvgIpc) is 2.60. The molecule has 0 aromatic carbocycles. The topological polar surface area (TPSA) is 241 Å². The summed E-state index contributed by atoms with van der Waals surface area (Å²) < 4.78 is 0. The molecule has 0 radical (unpaired) electrons. The molecule has 0 aromatic rings. The van der Waals surface area contributed by atoms with Crippen molar-refractivity contribution in [2.24, 2.45) is 0 Å². The van der Waals surface area contributed by atoms with Gasteiger partial charge in [-0.15, -0.1) is 0 Å². The Morgan fingerprint density at radius 2 is 0.406 bits per heavy atom. The first-order valence-corrected chi connectivity index (χ1v) is 9.07. The van der Waals surface area contributed by atoms with Crippen molar-refractivity contribution in [2.75, 3.05) is 0 Å². The molecule has 0 fully saturated rings. The van der Waals surface area contributed by atoms with E-state index in [1.54, 1.807) is 0 Å². The fourth-order valence-corrected chi connectivity index (χ4v) is 1.62. The number of carboxylic acids is 6. The van der Waals surface area contributed by atoms with Crippen molar-refractivity contribution in [1.82, 2.24) is 0 Å². The predicted molar refractivity (Wildman–Crippen MR) is 85.4 cm³/mol. The van der Waals surface area contributed by atoms with Crippen molar-refractivity contribution < 1.29 is 131 Å². The maximum atomic E-state index is 9.77. The zero-order valence-electron chi connectivity index (χ0n) is 17.5. The summed E-state index contributed by atoms with van der Waals surface area (Å²) in [7, 11) is 0. The van der Waals surface area contributed by atoms with Crippen molar-refractivity contribution in [1.29, 1.82) is 0 Å². The predicted octanol–water partition coefficient (Wildman–Crippen LogP) is -5.86. The van der Waals surface area contributed by atoms with Crippen LogP contribution < -0.4 is 30.6 Å². The van der Waals surface area contributed by atoms with Gasteiger partial charge in [0.2, 0.25) is 0 Å². The smallest absolute Gasteiger partial charge is 0.550 e. The van der Waals surface area contributed by atoms with Crippen molar-refractivity contribution in [3.05, 3.63) is 0 Å². The molecule has 0 unspecified atom stereocenters. The van der Waals surface area contributed by atoms with Gasteiger partial charge >= 0.3 is 71.2 Å². The monoisotopic (exact) mass is 710 g/mol. The van der Waals surface area contributed by atoms with E-state index >= 15 is 0 Å². The zero-order chi connectivity index (χ0) is 23.9. The molecule has 0 atom stereocenters. The van der Waals surface area contributed by atoms with E-state index in [4.69, 9.17) is 0 Å². The van der Waals surface area contributed by atoms with Crippen molar-refractivity contribution in [2.45, 2.75) is 77.0 Å². The number of rotatable bonds is 15. The standard InChI is InChI=1S/3C6H10O4.2La/c3*7-5(8)3-1-2-4-6(9)10;;/h3*1-4H2,(H,7,8)(H,9,10);;/q;;;2*+3/p-6. The molecule has 0 N–H and O–H groups in total. The average molecular weight is 710 g/mol. The molecule has 0 aliphatic heterocycles. The Morgan fingerprint density at radius 1 is 0.312 bits per heavy atom. The Hall–Kier alpha value is -0.790. The molecule has 14 heteroatoms. The fourth-order valence-electron chi connectivity index (χ4n) is 1.62. The third-order valence-corrected chi connectivity index (χ3v) is 3.04.